The highest BCUT2D eigenvalue weighted by atomic mass is 19.4. The van der Waals surface area contributed by atoms with E-state index in [1.165, 1.54) is 19.1 Å². The molecular formula is C23H19F3N2O3. The number of benzene rings is 3. The number of nitrogens with zero attached hydrogens (tertiary/aromatic N) is 2. The van der Waals surface area contributed by atoms with Crippen LogP contribution in [0.1, 0.15) is 29.3 Å². The summed E-state index contributed by atoms with van der Waals surface area (Å²) in [6, 6.07) is 19.5. The number of alkyl halides is 3. The van der Waals surface area contributed by atoms with Crippen molar-refractivity contribution in [1.29, 1.82) is 0 Å². The van der Waals surface area contributed by atoms with Crippen molar-refractivity contribution in [2.45, 2.75) is 31.9 Å². The maximum absolute atomic E-state index is 13.4. The third-order valence-corrected chi connectivity index (χ3v) is 5.07. The van der Waals surface area contributed by atoms with Crippen LogP contribution in [0, 0.1) is 0 Å². The number of aliphatic hydroxyl groups is 1. The molecule has 3 aromatic rings. The molecule has 1 aliphatic rings. The highest BCUT2D eigenvalue weighted by Crippen LogP contribution is 2.40. The summed E-state index contributed by atoms with van der Waals surface area (Å²) in [6.45, 7) is 1.45. The van der Waals surface area contributed by atoms with E-state index in [-0.39, 0.29) is 22.9 Å². The third-order valence-electron chi connectivity index (χ3n) is 5.07. The molecule has 3 aromatic carbocycles. The predicted octanol–water partition coefficient (Wildman–Crippen LogP) is 4.89. The standard InChI is InChI=1S/C23H19F3N2O3/c1-15-13-22(30,23(24,25)26)28(27-15)21(29)19-8-4-5-16(11-19)14-31-20-10-9-17-6-2-3-7-18(17)12-20/h2-12,30H,13-14H2,1H3. The lowest BCUT2D eigenvalue weighted by Crippen LogP contribution is -2.56. The van der Waals surface area contributed by atoms with Crippen LogP contribution in [-0.4, -0.2) is 33.6 Å². The van der Waals surface area contributed by atoms with Crippen molar-refractivity contribution in [1.82, 2.24) is 5.01 Å². The molecule has 0 aromatic heterocycles. The molecule has 0 spiro atoms. The van der Waals surface area contributed by atoms with Gasteiger partial charge in [0.05, 0.1) is 0 Å². The summed E-state index contributed by atoms with van der Waals surface area (Å²) in [6.07, 6.45) is -5.83. The van der Waals surface area contributed by atoms with Gasteiger partial charge in [-0.25, -0.2) is 0 Å². The van der Waals surface area contributed by atoms with Gasteiger partial charge in [0.25, 0.3) is 11.6 Å². The summed E-state index contributed by atoms with van der Waals surface area (Å²) in [5.41, 5.74) is -2.77. The molecule has 1 heterocycles. The van der Waals surface area contributed by atoms with Gasteiger partial charge in [0.1, 0.15) is 12.4 Å². The number of hydrogen-bond donors (Lipinski definition) is 1. The number of rotatable bonds is 4. The van der Waals surface area contributed by atoms with Crippen molar-refractivity contribution in [3.63, 3.8) is 0 Å². The zero-order valence-corrected chi connectivity index (χ0v) is 16.6. The van der Waals surface area contributed by atoms with Crippen LogP contribution in [0.15, 0.2) is 71.8 Å². The molecule has 0 radical (unpaired) electrons. The van der Waals surface area contributed by atoms with Crippen LogP contribution in [0.4, 0.5) is 13.2 Å². The van der Waals surface area contributed by atoms with Gasteiger partial charge in [0.2, 0.25) is 0 Å². The smallest absolute Gasteiger partial charge is 0.438 e. The fraction of sp³-hybridized carbons (Fsp3) is 0.217. The zero-order valence-electron chi connectivity index (χ0n) is 16.6. The molecule has 0 fully saturated rings. The van der Waals surface area contributed by atoms with E-state index in [1.807, 2.05) is 42.5 Å². The first-order valence-electron chi connectivity index (χ1n) is 9.56. The van der Waals surface area contributed by atoms with Gasteiger partial charge in [0, 0.05) is 17.7 Å². The van der Waals surface area contributed by atoms with Crippen molar-refractivity contribution in [3.05, 3.63) is 77.9 Å². The summed E-state index contributed by atoms with van der Waals surface area (Å²) in [7, 11) is 0. The van der Waals surface area contributed by atoms with E-state index in [2.05, 4.69) is 5.10 Å². The summed E-state index contributed by atoms with van der Waals surface area (Å²) in [4.78, 5) is 12.7. The van der Waals surface area contributed by atoms with Crippen LogP contribution >= 0.6 is 0 Å². The van der Waals surface area contributed by atoms with Crippen molar-refractivity contribution in [2.24, 2.45) is 5.10 Å². The van der Waals surface area contributed by atoms with Crippen LogP contribution in [0.3, 0.4) is 0 Å². The SMILES string of the molecule is CC1=NN(C(=O)c2cccc(COc3ccc4ccccc4c3)c2)C(O)(C(F)(F)F)C1. The molecule has 0 saturated heterocycles. The number of hydrogen-bond acceptors (Lipinski definition) is 4. The second-order valence-electron chi connectivity index (χ2n) is 7.44. The van der Waals surface area contributed by atoms with Crippen LogP contribution < -0.4 is 4.74 Å². The fourth-order valence-electron chi connectivity index (χ4n) is 3.49. The lowest BCUT2D eigenvalue weighted by atomic mass is 10.1. The monoisotopic (exact) mass is 428 g/mol. The molecule has 0 aliphatic carbocycles. The molecule has 1 aliphatic heterocycles. The highest BCUT2D eigenvalue weighted by Gasteiger charge is 2.62. The number of amides is 1. The highest BCUT2D eigenvalue weighted by molar-refractivity contribution is 5.98. The summed E-state index contributed by atoms with van der Waals surface area (Å²) >= 11 is 0. The van der Waals surface area contributed by atoms with Gasteiger partial charge in [-0.15, -0.1) is 0 Å². The number of fused-ring (bicyclic) bond motifs is 1. The zero-order chi connectivity index (χ0) is 22.2. The first-order valence-corrected chi connectivity index (χ1v) is 9.56. The summed E-state index contributed by atoms with van der Waals surface area (Å²) in [5.74, 6) is -0.411. The van der Waals surface area contributed by atoms with E-state index in [0.29, 0.717) is 11.3 Å². The Morgan fingerprint density at radius 1 is 1.10 bits per heavy atom. The quantitative estimate of drug-likeness (QED) is 0.644. The number of ether oxygens (including phenoxy) is 1. The van der Waals surface area contributed by atoms with Crippen molar-refractivity contribution >= 4 is 22.4 Å². The second-order valence-corrected chi connectivity index (χ2v) is 7.44. The Kier molecular flexibility index (Phi) is 5.18. The largest absolute Gasteiger partial charge is 0.489 e. The van der Waals surface area contributed by atoms with E-state index in [9.17, 15) is 23.1 Å². The van der Waals surface area contributed by atoms with Crippen LogP contribution in [0.5, 0.6) is 5.75 Å². The first kappa shape index (κ1) is 20.9. The van der Waals surface area contributed by atoms with Gasteiger partial charge in [0.15, 0.2) is 0 Å². The van der Waals surface area contributed by atoms with Crippen LogP contribution in [0.25, 0.3) is 10.8 Å². The first-order chi connectivity index (χ1) is 14.7. The number of hydrazone groups is 1. The lowest BCUT2D eigenvalue weighted by molar-refractivity contribution is -0.297. The van der Waals surface area contributed by atoms with Crippen molar-refractivity contribution in [2.75, 3.05) is 0 Å². The Morgan fingerprint density at radius 2 is 1.84 bits per heavy atom. The minimum atomic E-state index is -5.04. The molecule has 160 valence electrons. The predicted molar refractivity (Wildman–Crippen MR) is 110 cm³/mol. The van der Waals surface area contributed by atoms with E-state index >= 15 is 0 Å². The van der Waals surface area contributed by atoms with E-state index < -0.39 is 24.2 Å². The lowest BCUT2D eigenvalue weighted by Gasteiger charge is -2.32. The second kappa shape index (κ2) is 7.70. The maximum Gasteiger partial charge on any atom is 0.438 e. The Labute approximate surface area is 176 Å². The van der Waals surface area contributed by atoms with E-state index in [0.717, 1.165) is 10.8 Å². The van der Waals surface area contributed by atoms with Crippen LogP contribution in [0.2, 0.25) is 0 Å². The Bertz CT molecular complexity index is 1180. The normalized spacial score (nSPS) is 18.9. The van der Waals surface area contributed by atoms with Gasteiger partial charge in [-0.3, -0.25) is 4.79 Å². The molecule has 0 bridgehead atoms. The molecule has 8 heteroatoms. The molecule has 1 amide bonds. The molecule has 1 N–H and O–H groups in total. The molecule has 0 saturated carbocycles. The Morgan fingerprint density at radius 3 is 2.58 bits per heavy atom. The molecule has 5 nitrogen and oxygen atoms in total. The average molecular weight is 428 g/mol. The van der Waals surface area contributed by atoms with Gasteiger partial charge >= 0.3 is 6.18 Å². The van der Waals surface area contributed by atoms with Gasteiger partial charge < -0.3 is 9.84 Å². The molecular weight excluding hydrogens is 409 g/mol. The van der Waals surface area contributed by atoms with Crippen molar-refractivity contribution in [3.8, 4) is 5.75 Å². The molecule has 1 atom stereocenters. The summed E-state index contributed by atoms with van der Waals surface area (Å²) in [5, 5.41) is 16.0. The Balaban J connectivity index is 1.53. The maximum atomic E-state index is 13.4. The van der Waals surface area contributed by atoms with Crippen molar-refractivity contribution < 1.29 is 27.8 Å². The molecule has 4 rings (SSSR count). The van der Waals surface area contributed by atoms with Crippen LogP contribution in [-0.2, 0) is 6.61 Å². The topological polar surface area (TPSA) is 62.1 Å². The average Bonchev–Trinajstić information content (AvgIpc) is 3.07. The minimum absolute atomic E-state index is 0.0176. The van der Waals surface area contributed by atoms with E-state index in [1.54, 1.807) is 12.1 Å². The number of halogens is 3. The Hall–Kier alpha value is -3.39. The van der Waals surface area contributed by atoms with E-state index in [4.69, 9.17) is 4.74 Å². The van der Waals surface area contributed by atoms with Gasteiger partial charge in [-0.2, -0.15) is 23.3 Å². The number of carbonyl (C=O) groups is 1. The molecule has 31 heavy (non-hydrogen) atoms. The van der Waals surface area contributed by atoms with Gasteiger partial charge in [-0.05, 0) is 47.5 Å². The third kappa shape index (κ3) is 3.98. The summed E-state index contributed by atoms with van der Waals surface area (Å²) < 4.78 is 46.0. The fourth-order valence-corrected chi connectivity index (χ4v) is 3.49. The minimum Gasteiger partial charge on any atom is -0.489 e. The molecule has 1 unspecified atom stereocenters. The number of carbonyl (C=O) groups excluding carboxylic acids is 1. The van der Waals surface area contributed by atoms with Gasteiger partial charge in [-0.1, -0.05) is 42.5 Å².